The zero-order valence-corrected chi connectivity index (χ0v) is 11.8. The van der Waals surface area contributed by atoms with E-state index in [9.17, 15) is 4.79 Å². The van der Waals surface area contributed by atoms with Crippen molar-refractivity contribution in [3.63, 3.8) is 0 Å². The molecule has 0 aromatic heterocycles. The maximum Gasteiger partial charge on any atom is 0.317 e. The molecule has 1 aromatic rings. The molecule has 1 N–H and O–H groups in total. The molecular formula is C16H24N2O. The second-order valence-corrected chi connectivity index (χ2v) is 5.34. The number of rotatable bonds is 5. The number of nitrogens with zero attached hydrogens (tertiary/aromatic N) is 1. The molecule has 0 spiro atoms. The fourth-order valence-electron chi connectivity index (χ4n) is 2.69. The molecule has 1 fully saturated rings. The van der Waals surface area contributed by atoms with Crippen molar-refractivity contribution in [2.24, 2.45) is 5.92 Å². The standard InChI is InChI=1S/C16H24N2O/c1-2-18(13-15-10-4-3-5-11-15)16(19)17-12-14-8-6-7-9-14/h3-5,10-11,14H,2,6-9,12-13H2,1H3,(H,17,19). The van der Waals surface area contributed by atoms with Gasteiger partial charge in [-0.1, -0.05) is 43.2 Å². The monoisotopic (exact) mass is 260 g/mol. The first-order valence-electron chi connectivity index (χ1n) is 7.36. The highest BCUT2D eigenvalue weighted by molar-refractivity contribution is 5.74. The summed E-state index contributed by atoms with van der Waals surface area (Å²) >= 11 is 0. The van der Waals surface area contributed by atoms with Crippen LogP contribution in [0.25, 0.3) is 0 Å². The van der Waals surface area contributed by atoms with E-state index in [0.29, 0.717) is 12.5 Å². The van der Waals surface area contributed by atoms with E-state index in [0.717, 1.165) is 13.1 Å². The number of nitrogens with one attached hydrogen (secondary N) is 1. The van der Waals surface area contributed by atoms with Gasteiger partial charge in [0.15, 0.2) is 0 Å². The molecule has 0 heterocycles. The van der Waals surface area contributed by atoms with Crippen molar-refractivity contribution < 1.29 is 4.79 Å². The summed E-state index contributed by atoms with van der Waals surface area (Å²) in [5, 5.41) is 3.08. The number of urea groups is 1. The van der Waals surface area contributed by atoms with Crippen LogP contribution in [0.4, 0.5) is 4.79 Å². The number of carbonyl (C=O) groups is 1. The second kappa shape index (κ2) is 7.17. The SMILES string of the molecule is CCN(Cc1ccccc1)C(=O)NCC1CCCC1. The van der Waals surface area contributed by atoms with Crippen LogP contribution in [0, 0.1) is 5.92 Å². The smallest absolute Gasteiger partial charge is 0.317 e. The summed E-state index contributed by atoms with van der Waals surface area (Å²) in [5.74, 6) is 0.694. The van der Waals surface area contributed by atoms with Gasteiger partial charge in [0.2, 0.25) is 0 Å². The molecule has 3 heteroatoms. The van der Waals surface area contributed by atoms with E-state index in [4.69, 9.17) is 0 Å². The van der Waals surface area contributed by atoms with Crippen LogP contribution in [0.5, 0.6) is 0 Å². The maximum atomic E-state index is 12.2. The van der Waals surface area contributed by atoms with E-state index in [2.05, 4.69) is 17.4 Å². The van der Waals surface area contributed by atoms with E-state index in [-0.39, 0.29) is 6.03 Å². The lowest BCUT2D eigenvalue weighted by atomic mass is 10.1. The van der Waals surface area contributed by atoms with Gasteiger partial charge in [0, 0.05) is 19.6 Å². The fraction of sp³-hybridized carbons (Fsp3) is 0.562. The zero-order valence-electron chi connectivity index (χ0n) is 11.8. The molecule has 0 radical (unpaired) electrons. The molecule has 0 saturated heterocycles. The molecule has 3 nitrogen and oxygen atoms in total. The van der Waals surface area contributed by atoms with Crippen LogP contribution in [-0.4, -0.2) is 24.0 Å². The number of hydrogen-bond acceptors (Lipinski definition) is 1. The van der Waals surface area contributed by atoms with Crippen molar-refractivity contribution in [1.29, 1.82) is 0 Å². The third-order valence-electron chi connectivity index (χ3n) is 3.90. The highest BCUT2D eigenvalue weighted by Gasteiger charge is 2.17. The first-order valence-corrected chi connectivity index (χ1v) is 7.36. The summed E-state index contributed by atoms with van der Waals surface area (Å²) in [4.78, 5) is 14.0. The van der Waals surface area contributed by atoms with Crippen LogP contribution in [0.3, 0.4) is 0 Å². The van der Waals surface area contributed by atoms with Gasteiger partial charge in [-0.3, -0.25) is 0 Å². The highest BCUT2D eigenvalue weighted by Crippen LogP contribution is 2.23. The Labute approximate surface area is 116 Å². The molecular weight excluding hydrogens is 236 g/mol. The van der Waals surface area contributed by atoms with Gasteiger partial charge in [-0.25, -0.2) is 4.79 Å². The van der Waals surface area contributed by atoms with Crippen molar-refractivity contribution in [2.75, 3.05) is 13.1 Å². The lowest BCUT2D eigenvalue weighted by Crippen LogP contribution is -2.41. The minimum absolute atomic E-state index is 0.0678. The molecule has 104 valence electrons. The van der Waals surface area contributed by atoms with Crippen molar-refractivity contribution in [3.05, 3.63) is 35.9 Å². The van der Waals surface area contributed by atoms with Gasteiger partial charge < -0.3 is 10.2 Å². The van der Waals surface area contributed by atoms with Crippen LogP contribution >= 0.6 is 0 Å². The van der Waals surface area contributed by atoms with E-state index < -0.39 is 0 Å². The molecule has 2 rings (SSSR count). The lowest BCUT2D eigenvalue weighted by molar-refractivity contribution is 0.196. The Morgan fingerprint density at radius 1 is 1.26 bits per heavy atom. The summed E-state index contributed by atoms with van der Waals surface area (Å²) in [7, 11) is 0. The topological polar surface area (TPSA) is 32.3 Å². The Bertz CT molecular complexity index is 385. The van der Waals surface area contributed by atoms with E-state index >= 15 is 0 Å². The first kappa shape index (κ1) is 13.9. The summed E-state index contributed by atoms with van der Waals surface area (Å²) < 4.78 is 0. The number of carbonyl (C=O) groups excluding carboxylic acids is 1. The molecule has 0 bridgehead atoms. The van der Waals surface area contributed by atoms with Crippen LogP contribution in [0.15, 0.2) is 30.3 Å². The van der Waals surface area contributed by atoms with Gasteiger partial charge >= 0.3 is 6.03 Å². The minimum Gasteiger partial charge on any atom is -0.338 e. The van der Waals surface area contributed by atoms with Gasteiger partial charge in [0.25, 0.3) is 0 Å². The van der Waals surface area contributed by atoms with Crippen molar-refractivity contribution in [2.45, 2.75) is 39.2 Å². The number of hydrogen-bond donors (Lipinski definition) is 1. The van der Waals surface area contributed by atoms with Crippen molar-refractivity contribution >= 4 is 6.03 Å². The van der Waals surface area contributed by atoms with Gasteiger partial charge in [0.1, 0.15) is 0 Å². The Balaban J connectivity index is 1.81. The Hall–Kier alpha value is -1.51. The molecule has 1 aliphatic rings. The molecule has 0 atom stereocenters. The van der Waals surface area contributed by atoms with E-state index in [1.54, 1.807) is 0 Å². The Morgan fingerprint density at radius 3 is 2.58 bits per heavy atom. The van der Waals surface area contributed by atoms with E-state index in [1.165, 1.54) is 31.2 Å². The summed E-state index contributed by atoms with van der Waals surface area (Å²) in [6.07, 6.45) is 5.18. The van der Waals surface area contributed by atoms with Crippen molar-refractivity contribution in [3.8, 4) is 0 Å². The molecule has 1 saturated carbocycles. The molecule has 1 aromatic carbocycles. The molecule has 19 heavy (non-hydrogen) atoms. The fourth-order valence-corrected chi connectivity index (χ4v) is 2.69. The third-order valence-corrected chi connectivity index (χ3v) is 3.90. The van der Waals surface area contributed by atoms with Crippen LogP contribution in [0.1, 0.15) is 38.2 Å². The Morgan fingerprint density at radius 2 is 1.95 bits per heavy atom. The molecule has 0 aliphatic heterocycles. The largest absolute Gasteiger partial charge is 0.338 e. The quantitative estimate of drug-likeness (QED) is 0.864. The predicted octanol–water partition coefficient (Wildman–Crippen LogP) is 3.41. The molecule has 1 aliphatic carbocycles. The lowest BCUT2D eigenvalue weighted by Gasteiger charge is -2.22. The zero-order chi connectivity index (χ0) is 13.5. The average Bonchev–Trinajstić information content (AvgIpc) is 2.96. The predicted molar refractivity (Wildman–Crippen MR) is 77.9 cm³/mol. The van der Waals surface area contributed by atoms with Crippen LogP contribution in [0.2, 0.25) is 0 Å². The maximum absolute atomic E-state index is 12.2. The first-order chi connectivity index (χ1) is 9.29. The second-order valence-electron chi connectivity index (χ2n) is 5.34. The molecule has 2 amide bonds. The van der Waals surface area contributed by atoms with Crippen LogP contribution < -0.4 is 5.32 Å². The van der Waals surface area contributed by atoms with Crippen LogP contribution in [-0.2, 0) is 6.54 Å². The van der Waals surface area contributed by atoms with Gasteiger partial charge in [-0.2, -0.15) is 0 Å². The summed E-state index contributed by atoms with van der Waals surface area (Å²) in [5.41, 5.74) is 1.18. The van der Waals surface area contributed by atoms with Gasteiger partial charge in [-0.05, 0) is 31.2 Å². The Kier molecular flexibility index (Phi) is 5.25. The average molecular weight is 260 g/mol. The normalized spacial score (nSPS) is 15.4. The summed E-state index contributed by atoms with van der Waals surface area (Å²) in [6.45, 7) is 4.29. The van der Waals surface area contributed by atoms with E-state index in [1.807, 2.05) is 30.0 Å². The number of amides is 2. The van der Waals surface area contributed by atoms with Crippen molar-refractivity contribution in [1.82, 2.24) is 10.2 Å². The minimum atomic E-state index is 0.0678. The van der Waals surface area contributed by atoms with Gasteiger partial charge in [-0.15, -0.1) is 0 Å². The summed E-state index contributed by atoms with van der Waals surface area (Å²) in [6, 6.07) is 10.2. The third kappa shape index (κ3) is 4.27. The van der Waals surface area contributed by atoms with Gasteiger partial charge in [0.05, 0.1) is 0 Å². The molecule has 0 unspecified atom stereocenters. The number of benzene rings is 1. The highest BCUT2D eigenvalue weighted by atomic mass is 16.2.